The molecule has 198 valence electrons. The van der Waals surface area contributed by atoms with Crippen LogP contribution in [0.1, 0.15) is 31.9 Å². The summed E-state index contributed by atoms with van der Waals surface area (Å²) in [5.74, 6) is 1.37. The van der Waals surface area contributed by atoms with Gasteiger partial charge in [-0.3, -0.25) is 9.69 Å². The number of hydrogen-bond acceptors (Lipinski definition) is 5. The fourth-order valence-corrected chi connectivity index (χ4v) is 5.29. The lowest BCUT2D eigenvalue weighted by molar-refractivity contribution is -0.122. The molecule has 1 saturated heterocycles. The highest BCUT2D eigenvalue weighted by Crippen LogP contribution is 2.37. The number of carbonyl (C=O) groups is 1. The second-order valence-corrected chi connectivity index (χ2v) is 11.2. The fourth-order valence-electron chi connectivity index (χ4n) is 3.69. The molecule has 0 unspecified atom stereocenters. The summed E-state index contributed by atoms with van der Waals surface area (Å²) in [6.07, 6.45) is 1.85. The molecule has 0 aromatic heterocycles. The van der Waals surface area contributed by atoms with Crippen LogP contribution in [0, 0.1) is 5.92 Å². The first-order valence-corrected chi connectivity index (χ1v) is 14.1. The zero-order valence-corrected chi connectivity index (χ0v) is 24.3. The predicted molar refractivity (Wildman–Crippen MR) is 159 cm³/mol. The second kappa shape index (κ2) is 12.9. The van der Waals surface area contributed by atoms with Crippen molar-refractivity contribution in [1.29, 1.82) is 0 Å². The van der Waals surface area contributed by atoms with Crippen molar-refractivity contribution in [3.05, 3.63) is 91.8 Å². The maximum Gasteiger partial charge on any atom is 0.266 e. The lowest BCUT2D eigenvalue weighted by Gasteiger charge is -2.17. The van der Waals surface area contributed by atoms with Crippen molar-refractivity contribution in [3.63, 3.8) is 0 Å². The van der Waals surface area contributed by atoms with Gasteiger partial charge in [0.15, 0.2) is 16.7 Å². The largest absolute Gasteiger partial charge is 0.490 e. The lowest BCUT2D eigenvalue weighted by Crippen LogP contribution is -2.32. The number of rotatable bonds is 9. The first-order chi connectivity index (χ1) is 18.2. The molecule has 0 radical (unpaired) electrons. The Morgan fingerprint density at radius 1 is 0.947 bits per heavy atom. The average Bonchev–Trinajstić information content (AvgIpc) is 3.14. The van der Waals surface area contributed by atoms with Crippen LogP contribution in [0.2, 0.25) is 15.1 Å². The zero-order valence-electron chi connectivity index (χ0n) is 21.2. The van der Waals surface area contributed by atoms with E-state index in [4.69, 9.17) is 49.3 Å². The number of nitrogens with zero attached hydrogens (tertiary/aromatic N) is 2. The van der Waals surface area contributed by atoms with Crippen LogP contribution in [0.25, 0.3) is 6.08 Å². The van der Waals surface area contributed by atoms with Crippen LogP contribution in [0.4, 0.5) is 5.69 Å². The number of amidine groups is 1. The van der Waals surface area contributed by atoms with Crippen molar-refractivity contribution in [2.24, 2.45) is 10.9 Å². The Bertz CT molecular complexity index is 1370. The number of thioether (sulfide) groups is 1. The molecule has 1 amide bonds. The van der Waals surface area contributed by atoms with Crippen LogP contribution in [-0.2, 0) is 11.4 Å². The summed E-state index contributed by atoms with van der Waals surface area (Å²) in [6, 6.07) is 18.1. The number of amides is 1. The van der Waals surface area contributed by atoms with Gasteiger partial charge in [-0.1, -0.05) is 60.8 Å². The Balaban J connectivity index is 1.59. The minimum absolute atomic E-state index is 0.0768. The number of hydrogen-bond donors (Lipinski definition) is 0. The average molecular weight is 590 g/mol. The van der Waals surface area contributed by atoms with Gasteiger partial charge in [-0.2, -0.15) is 0 Å². The molecule has 3 aromatic carbocycles. The SMILES string of the molecule is CCOc1cc(/C=C2\SC(=Nc3ccc(Cl)cc3)N(CC(C)C)C2=O)ccc1OCc1ccc(Cl)cc1Cl. The number of halogens is 3. The molecule has 0 atom stereocenters. The summed E-state index contributed by atoms with van der Waals surface area (Å²) in [4.78, 5) is 20.4. The van der Waals surface area contributed by atoms with E-state index in [2.05, 4.69) is 13.8 Å². The van der Waals surface area contributed by atoms with E-state index in [0.29, 0.717) is 49.8 Å². The van der Waals surface area contributed by atoms with Gasteiger partial charge in [0.1, 0.15) is 6.61 Å². The van der Waals surface area contributed by atoms with Crippen LogP contribution in [0.15, 0.2) is 70.6 Å². The molecule has 1 aliphatic heterocycles. The Morgan fingerprint density at radius 2 is 1.68 bits per heavy atom. The predicted octanol–water partition coefficient (Wildman–Crippen LogP) is 8.88. The molecule has 1 aliphatic rings. The Morgan fingerprint density at radius 3 is 2.37 bits per heavy atom. The molecule has 3 aromatic rings. The van der Waals surface area contributed by atoms with Crippen LogP contribution < -0.4 is 9.47 Å². The first kappa shape index (κ1) is 28.4. The van der Waals surface area contributed by atoms with E-state index in [0.717, 1.165) is 16.8 Å². The van der Waals surface area contributed by atoms with Gasteiger partial charge in [-0.25, -0.2) is 4.99 Å². The van der Waals surface area contributed by atoms with Crippen molar-refractivity contribution in [2.45, 2.75) is 27.4 Å². The van der Waals surface area contributed by atoms with Gasteiger partial charge in [0, 0.05) is 27.2 Å². The van der Waals surface area contributed by atoms with Crippen molar-refractivity contribution in [2.75, 3.05) is 13.2 Å². The summed E-state index contributed by atoms with van der Waals surface area (Å²) in [5.41, 5.74) is 2.37. The molecule has 9 heteroatoms. The highest BCUT2D eigenvalue weighted by atomic mass is 35.5. The van der Waals surface area contributed by atoms with Crippen molar-refractivity contribution in [3.8, 4) is 11.5 Å². The molecule has 0 bridgehead atoms. The van der Waals surface area contributed by atoms with Gasteiger partial charge in [-0.05, 0) is 84.8 Å². The Labute approximate surface area is 242 Å². The lowest BCUT2D eigenvalue weighted by atomic mass is 10.1. The van der Waals surface area contributed by atoms with E-state index in [-0.39, 0.29) is 18.4 Å². The zero-order chi connectivity index (χ0) is 27.2. The van der Waals surface area contributed by atoms with Crippen LogP contribution >= 0.6 is 46.6 Å². The minimum atomic E-state index is -0.0768. The van der Waals surface area contributed by atoms with E-state index >= 15 is 0 Å². The van der Waals surface area contributed by atoms with Crippen molar-refractivity contribution in [1.82, 2.24) is 4.90 Å². The van der Waals surface area contributed by atoms with Gasteiger partial charge < -0.3 is 9.47 Å². The van der Waals surface area contributed by atoms with Crippen molar-refractivity contribution < 1.29 is 14.3 Å². The van der Waals surface area contributed by atoms with Crippen LogP contribution in [-0.4, -0.2) is 29.1 Å². The normalized spacial score (nSPS) is 15.7. The van der Waals surface area contributed by atoms with Gasteiger partial charge in [-0.15, -0.1) is 0 Å². The summed E-state index contributed by atoms with van der Waals surface area (Å²) < 4.78 is 11.9. The van der Waals surface area contributed by atoms with Gasteiger partial charge in [0.2, 0.25) is 0 Å². The second-order valence-electron chi connectivity index (χ2n) is 8.95. The summed E-state index contributed by atoms with van der Waals surface area (Å²) in [6.45, 7) is 7.35. The van der Waals surface area contributed by atoms with E-state index < -0.39 is 0 Å². The molecule has 0 spiro atoms. The standard InChI is InChI=1S/C29H27Cl3N2O3S/c1-4-36-26-13-19(5-12-25(26)37-17-20-6-7-22(31)15-24(20)32)14-27-28(35)34(16-18(2)3)29(38-27)33-23-10-8-21(30)9-11-23/h5-15,18H,4,16-17H2,1-3H3/b27-14-,33-29?. The van der Waals surface area contributed by atoms with Crippen LogP contribution in [0.3, 0.4) is 0 Å². The summed E-state index contributed by atoms with van der Waals surface area (Å²) in [5, 5.41) is 2.38. The third-order valence-electron chi connectivity index (χ3n) is 5.45. The number of aliphatic imine (C=N–C) groups is 1. The van der Waals surface area contributed by atoms with E-state index in [1.807, 2.05) is 49.4 Å². The maximum atomic E-state index is 13.3. The fraction of sp³-hybridized carbons (Fsp3) is 0.241. The number of carbonyl (C=O) groups excluding carboxylic acids is 1. The summed E-state index contributed by atoms with van der Waals surface area (Å²) in [7, 11) is 0. The Kier molecular flexibility index (Phi) is 9.66. The van der Waals surface area contributed by atoms with Gasteiger partial charge >= 0.3 is 0 Å². The minimum Gasteiger partial charge on any atom is -0.490 e. The monoisotopic (exact) mass is 588 g/mol. The summed E-state index contributed by atoms with van der Waals surface area (Å²) >= 11 is 19.7. The molecular weight excluding hydrogens is 563 g/mol. The number of ether oxygens (including phenoxy) is 2. The number of benzene rings is 3. The highest BCUT2D eigenvalue weighted by Gasteiger charge is 2.33. The quantitative estimate of drug-likeness (QED) is 0.234. The smallest absolute Gasteiger partial charge is 0.266 e. The molecule has 1 heterocycles. The topological polar surface area (TPSA) is 51.1 Å². The Hall–Kier alpha value is -2.64. The van der Waals surface area contributed by atoms with Crippen LogP contribution in [0.5, 0.6) is 11.5 Å². The van der Waals surface area contributed by atoms with E-state index in [9.17, 15) is 4.79 Å². The first-order valence-electron chi connectivity index (χ1n) is 12.1. The third kappa shape index (κ3) is 7.26. The molecule has 38 heavy (non-hydrogen) atoms. The van der Waals surface area contributed by atoms with Gasteiger partial charge in [0.05, 0.1) is 17.2 Å². The molecule has 4 rings (SSSR count). The molecule has 1 fully saturated rings. The highest BCUT2D eigenvalue weighted by molar-refractivity contribution is 8.18. The maximum absolute atomic E-state index is 13.3. The van der Waals surface area contributed by atoms with E-state index in [1.54, 1.807) is 29.2 Å². The molecule has 0 saturated carbocycles. The molecular formula is C29H27Cl3N2O3S. The van der Waals surface area contributed by atoms with Crippen molar-refractivity contribution >= 4 is 69.4 Å². The third-order valence-corrected chi connectivity index (χ3v) is 7.30. The molecule has 0 aliphatic carbocycles. The molecule has 0 N–H and O–H groups in total. The van der Waals surface area contributed by atoms with Gasteiger partial charge in [0.25, 0.3) is 5.91 Å². The van der Waals surface area contributed by atoms with E-state index in [1.165, 1.54) is 11.8 Å². The molecule has 5 nitrogen and oxygen atoms in total.